The van der Waals surface area contributed by atoms with Gasteiger partial charge < -0.3 is 10.2 Å². The monoisotopic (exact) mass is 502 g/mol. The summed E-state index contributed by atoms with van der Waals surface area (Å²) in [5, 5.41) is 11.3. The quantitative estimate of drug-likeness (QED) is 0.407. The maximum absolute atomic E-state index is 14.0. The number of fused-ring (bicyclic) bond motifs is 1. The minimum atomic E-state index is -1.01. The number of halogens is 1. The number of rotatable bonds is 7. The van der Waals surface area contributed by atoms with Crippen molar-refractivity contribution in [2.75, 3.05) is 23.9 Å². The Hall–Kier alpha value is -4.27. The highest BCUT2D eigenvalue weighted by Crippen LogP contribution is 2.30. The lowest BCUT2D eigenvalue weighted by atomic mass is 10.00. The zero-order valence-corrected chi connectivity index (χ0v) is 21.6. The summed E-state index contributed by atoms with van der Waals surface area (Å²) in [5.74, 6) is -1.19. The maximum atomic E-state index is 14.0. The number of amides is 2. The molecule has 3 aromatic carbocycles. The Labute approximate surface area is 215 Å². The summed E-state index contributed by atoms with van der Waals surface area (Å²) >= 11 is 0. The van der Waals surface area contributed by atoms with Crippen molar-refractivity contribution in [3.05, 3.63) is 84.2 Å². The number of anilines is 2. The first-order chi connectivity index (χ1) is 17.5. The first-order valence-corrected chi connectivity index (χ1v) is 12.0. The van der Waals surface area contributed by atoms with Crippen LogP contribution >= 0.6 is 0 Å². The van der Waals surface area contributed by atoms with Crippen LogP contribution in [0.25, 0.3) is 11.0 Å². The normalized spacial score (nSPS) is 12.3. The average Bonchev–Trinajstić information content (AvgIpc) is 3.25. The SMILES string of the molecule is CN(C)c1ccc([C@H](C(=O)NC(C)(C)C)N(C(=O)Cn2nnc3ccccc32)c2ccc(F)cc2)cc1. The molecule has 1 aromatic heterocycles. The van der Waals surface area contributed by atoms with Crippen LogP contribution in [0.2, 0.25) is 0 Å². The highest BCUT2D eigenvalue weighted by Gasteiger charge is 2.35. The average molecular weight is 503 g/mol. The Morgan fingerprint density at radius 1 is 0.946 bits per heavy atom. The first kappa shape index (κ1) is 25.8. The molecule has 1 N–H and O–H groups in total. The third-order valence-corrected chi connectivity index (χ3v) is 5.81. The first-order valence-electron chi connectivity index (χ1n) is 12.0. The lowest BCUT2D eigenvalue weighted by Crippen LogP contribution is -2.50. The predicted octanol–water partition coefficient (Wildman–Crippen LogP) is 4.33. The number of hydrogen-bond donors (Lipinski definition) is 1. The Morgan fingerprint density at radius 2 is 1.57 bits per heavy atom. The van der Waals surface area contributed by atoms with Crippen LogP contribution in [-0.4, -0.2) is 46.4 Å². The van der Waals surface area contributed by atoms with Crippen molar-refractivity contribution in [3.63, 3.8) is 0 Å². The summed E-state index contributed by atoms with van der Waals surface area (Å²) in [4.78, 5) is 31.1. The van der Waals surface area contributed by atoms with Gasteiger partial charge in [0.05, 0.1) is 5.52 Å². The van der Waals surface area contributed by atoms with E-state index in [2.05, 4.69) is 15.6 Å². The van der Waals surface area contributed by atoms with Gasteiger partial charge in [-0.05, 0) is 74.9 Å². The summed E-state index contributed by atoms with van der Waals surface area (Å²) in [5.41, 5.74) is 2.77. The van der Waals surface area contributed by atoms with Gasteiger partial charge in [0.1, 0.15) is 23.9 Å². The van der Waals surface area contributed by atoms with Crippen LogP contribution in [-0.2, 0) is 16.1 Å². The lowest BCUT2D eigenvalue weighted by Gasteiger charge is -2.34. The molecule has 0 fully saturated rings. The summed E-state index contributed by atoms with van der Waals surface area (Å²) < 4.78 is 15.3. The van der Waals surface area contributed by atoms with Gasteiger partial charge in [-0.2, -0.15) is 0 Å². The standard InChI is InChI=1S/C28H31FN6O2/c1-28(2,3)30-27(37)26(19-10-14-21(15-11-19)33(4)5)35(22-16-12-20(29)13-17-22)25(36)18-34-24-9-7-6-8-23(24)31-32-34/h6-17,26H,18H2,1-5H3,(H,30,37)/t26-/m1/s1. The molecular weight excluding hydrogens is 471 g/mol. The molecule has 0 unspecified atom stereocenters. The predicted molar refractivity (Wildman–Crippen MR) is 143 cm³/mol. The van der Waals surface area contributed by atoms with Gasteiger partial charge in [-0.25, -0.2) is 9.07 Å². The molecule has 0 bridgehead atoms. The van der Waals surface area contributed by atoms with Crippen LogP contribution in [0.4, 0.5) is 15.8 Å². The van der Waals surface area contributed by atoms with Crippen molar-refractivity contribution < 1.29 is 14.0 Å². The molecule has 192 valence electrons. The van der Waals surface area contributed by atoms with Crippen molar-refractivity contribution >= 4 is 34.2 Å². The summed E-state index contributed by atoms with van der Waals surface area (Å²) in [6.07, 6.45) is 0. The van der Waals surface area contributed by atoms with Gasteiger partial charge in [0.15, 0.2) is 0 Å². The van der Waals surface area contributed by atoms with Gasteiger partial charge in [-0.3, -0.25) is 14.5 Å². The molecule has 8 nitrogen and oxygen atoms in total. The maximum Gasteiger partial charge on any atom is 0.249 e. The Kier molecular flexibility index (Phi) is 7.24. The molecule has 9 heteroatoms. The molecule has 0 saturated heterocycles. The van der Waals surface area contributed by atoms with E-state index in [1.807, 2.05) is 88.3 Å². The van der Waals surface area contributed by atoms with Gasteiger partial charge in [-0.1, -0.05) is 29.5 Å². The molecular formula is C28H31FN6O2. The Bertz CT molecular complexity index is 1390. The fraction of sp³-hybridized carbons (Fsp3) is 0.286. The van der Waals surface area contributed by atoms with Crippen LogP contribution in [0.1, 0.15) is 32.4 Å². The summed E-state index contributed by atoms with van der Waals surface area (Å²) in [6.45, 7) is 5.47. The fourth-order valence-electron chi connectivity index (χ4n) is 4.09. The van der Waals surface area contributed by atoms with Gasteiger partial charge >= 0.3 is 0 Å². The molecule has 1 atom stereocenters. The van der Waals surface area contributed by atoms with Crippen LogP contribution < -0.4 is 15.1 Å². The fourth-order valence-corrected chi connectivity index (χ4v) is 4.09. The van der Waals surface area contributed by atoms with Crippen LogP contribution in [0.3, 0.4) is 0 Å². The topological polar surface area (TPSA) is 83.4 Å². The van der Waals surface area contributed by atoms with E-state index in [9.17, 15) is 14.0 Å². The van der Waals surface area contributed by atoms with Crippen LogP contribution in [0, 0.1) is 5.82 Å². The number of hydrogen-bond acceptors (Lipinski definition) is 5. The van der Waals surface area contributed by atoms with E-state index in [0.717, 1.165) is 5.69 Å². The zero-order valence-electron chi connectivity index (χ0n) is 21.6. The number of nitrogens with zero attached hydrogens (tertiary/aromatic N) is 5. The largest absolute Gasteiger partial charge is 0.378 e. The number of nitrogens with one attached hydrogen (secondary N) is 1. The summed E-state index contributed by atoms with van der Waals surface area (Å²) in [6, 6.07) is 19.3. The Morgan fingerprint density at radius 3 is 2.19 bits per heavy atom. The molecule has 0 radical (unpaired) electrons. The van der Waals surface area contributed by atoms with E-state index in [-0.39, 0.29) is 12.5 Å². The second-order valence-corrected chi connectivity index (χ2v) is 10.1. The molecule has 0 saturated carbocycles. The Balaban J connectivity index is 1.81. The van der Waals surface area contributed by atoms with Gasteiger partial charge in [-0.15, -0.1) is 5.10 Å². The van der Waals surface area contributed by atoms with Crippen molar-refractivity contribution in [3.8, 4) is 0 Å². The van der Waals surface area contributed by atoms with Crippen molar-refractivity contribution in [2.24, 2.45) is 0 Å². The number of para-hydroxylation sites is 1. The van der Waals surface area contributed by atoms with Crippen molar-refractivity contribution in [2.45, 2.75) is 38.9 Å². The van der Waals surface area contributed by atoms with E-state index in [1.165, 1.54) is 33.8 Å². The van der Waals surface area contributed by atoms with E-state index >= 15 is 0 Å². The molecule has 2 amide bonds. The number of carbonyl (C=O) groups excluding carboxylic acids is 2. The highest BCUT2D eigenvalue weighted by molar-refractivity contribution is 6.01. The molecule has 4 rings (SSSR count). The number of aromatic nitrogens is 3. The minimum Gasteiger partial charge on any atom is -0.378 e. The zero-order chi connectivity index (χ0) is 26.7. The van der Waals surface area contributed by atoms with Crippen molar-refractivity contribution in [1.29, 1.82) is 0 Å². The van der Waals surface area contributed by atoms with Gasteiger partial charge in [0.25, 0.3) is 0 Å². The van der Waals surface area contributed by atoms with E-state index < -0.39 is 23.3 Å². The third kappa shape index (κ3) is 5.94. The number of carbonyl (C=O) groups is 2. The van der Waals surface area contributed by atoms with Crippen LogP contribution in [0.5, 0.6) is 0 Å². The van der Waals surface area contributed by atoms with E-state index in [4.69, 9.17) is 0 Å². The smallest absolute Gasteiger partial charge is 0.249 e. The lowest BCUT2D eigenvalue weighted by molar-refractivity contribution is -0.128. The van der Waals surface area contributed by atoms with Gasteiger partial charge in [0, 0.05) is 31.0 Å². The second kappa shape index (κ2) is 10.4. The molecule has 0 aliphatic rings. The molecule has 4 aromatic rings. The third-order valence-electron chi connectivity index (χ3n) is 5.81. The molecule has 1 heterocycles. The second-order valence-electron chi connectivity index (χ2n) is 10.1. The molecule has 0 aliphatic carbocycles. The molecule has 0 spiro atoms. The number of benzene rings is 3. The van der Waals surface area contributed by atoms with E-state index in [0.29, 0.717) is 22.3 Å². The summed E-state index contributed by atoms with van der Waals surface area (Å²) in [7, 11) is 3.85. The van der Waals surface area contributed by atoms with Crippen LogP contribution in [0.15, 0.2) is 72.8 Å². The molecule has 0 aliphatic heterocycles. The minimum absolute atomic E-state index is 0.160. The van der Waals surface area contributed by atoms with E-state index in [1.54, 1.807) is 0 Å². The highest BCUT2D eigenvalue weighted by atomic mass is 19.1. The molecule has 37 heavy (non-hydrogen) atoms. The van der Waals surface area contributed by atoms with Gasteiger partial charge in [0.2, 0.25) is 11.8 Å². The van der Waals surface area contributed by atoms with Crippen molar-refractivity contribution in [1.82, 2.24) is 20.3 Å².